The summed E-state index contributed by atoms with van der Waals surface area (Å²) >= 11 is 0. The summed E-state index contributed by atoms with van der Waals surface area (Å²) in [5, 5.41) is 12.7. The van der Waals surface area contributed by atoms with E-state index in [1.54, 1.807) is 42.7 Å². The number of nitriles is 1. The number of carbonyl (C=O) groups is 1. The molecule has 35 heavy (non-hydrogen) atoms. The van der Waals surface area contributed by atoms with Crippen molar-refractivity contribution in [2.24, 2.45) is 5.73 Å². The average molecular weight is 469 g/mol. The second-order valence-electron chi connectivity index (χ2n) is 7.86. The number of benzene rings is 2. The highest BCUT2D eigenvalue weighted by Crippen LogP contribution is 2.32. The minimum absolute atomic E-state index is 0.134. The zero-order chi connectivity index (χ0) is 24.8. The number of nitrogens with two attached hydrogens (primary N) is 1. The van der Waals surface area contributed by atoms with E-state index >= 15 is 0 Å². The fourth-order valence-corrected chi connectivity index (χ4v) is 3.89. The van der Waals surface area contributed by atoms with Gasteiger partial charge in [-0.3, -0.25) is 9.78 Å². The number of halogens is 2. The van der Waals surface area contributed by atoms with E-state index in [0.717, 1.165) is 11.6 Å². The molecule has 2 heterocycles. The molecule has 1 atom stereocenters. The van der Waals surface area contributed by atoms with Gasteiger partial charge in [-0.25, -0.2) is 13.8 Å². The Kier molecular flexibility index (Phi) is 7.07. The molecule has 6 nitrogen and oxygen atoms in total. The molecule has 0 saturated carbocycles. The Hall–Kier alpha value is -4.64. The van der Waals surface area contributed by atoms with Crippen LogP contribution in [-0.2, 0) is 11.2 Å². The van der Waals surface area contributed by atoms with Gasteiger partial charge in [0.05, 0.1) is 23.2 Å². The Balaban J connectivity index is 1.75. The lowest BCUT2D eigenvalue weighted by Gasteiger charge is -2.19. The summed E-state index contributed by atoms with van der Waals surface area (Å²) in [6.45, 7) is 0.389. The van der Waals surface area contributed by atoms with Gasteiger partial charge in [0.25, 0.3) is 0 Å². The maximum Gasteiger partial charge on any atom is 0.229 e. The molecule has 2 aromatic carbocycles. The van der Waals surface area contributed by atoms with Crippen molar-refractivity contribution in [2.75, 3.05) is 11.9 Å². The molecule has 0 fully saturated rings. The maximum atomic E-state index is 13.7. The number of rotatable bonds is 8. The summed E-state index contributed by atoms with van der Waals surface area (Å²) in [6, 6.07) is 19.0. The topological polar surface area (TPSA) is 105 Å². The lowest BCUT2D eigenvalue weighted by Crippen LogP contribution is -2.24. The van der Waals surface area contributed by atoms with Gasteiger partial charge >= 0.3 is 0 Å². The number of nitrogens with zero attached hydrogens (tertiary/aromatic N) is 3. The molecule has 0 aliphatic carbocycles. The van der Waals surface area contributed by atoms with E-state index in [1.807, 2.05) is 12.1 Å². The fraction of sp³-hybridized carbons (Fsp3) is 0.111. The van der Waals surface area contributed by atoms with Crippen molar-refractivity contribution in [3.8, 4) is 17.3 Å². The van der Waals surface area contributed by atoms with Gasteiger partial charge in [-0.05, 0) is 60.0 Å². The van der Waals surface area contributed by atoms with Crippen molar-refractivity contribution in [1.29, 1.82) is 5.26 Å². The molecule has 4 aromatic rings. The van der Waals surface area contributed by atoms with Crippen LogP contribution < -0.4 is 11.1 Å². The van der Waals surface area contributed by atoms with Crippen molar-refractivity contribution in [2.45, 2.75) is 12.3 Å². The molecule has 4 rings (SSSR count). The molecule has 174 valence electrons. The third-order valence-corrected chi connectivity index (χ3v) is 5.51. The smallest absolute Gasteiger partial charge is 0.229 e. The van der Waals surface area contributed by atoms with E-state index in [0.29, 0.717) is 41.2 Å². The first-order valence-electron chi connectivity index (χ1n) is 10.8. The van der Waals surface area contributed by atoms with E-state index in [4.69, 9.17) is 5.73 Å². The Morgan fingerprint density at radius 3 is 2.60 bits per heavy atom. The third-order valence-electron chi connectivity index (χ3n) is 5.51. The number of hydrogen-bond donors (Lipinski definition) is 2. The number of hydrogen-bond acceptors (Lipinski definition) is 5. The Morgan fingerprint density at radius 2 is 1.89 bits per heavy atom. The lowest BCUT2D eigenvalue weighted by molar-refractivity contribution is -0.118. The van der Waals surface area contributed by atoms with Gasteiger partial charge < -0.3 is 11.1 Å². The molecule has 1 amide bonds. The van der Waals surface area contributed by atoms with Crippen molar-refractivity contribution in [1.82, 2.24) is 9.97 Å². The van der Waals surface area contributed by atoms with Gasteiger partial charge in [0.2, 0.25) is 5.91 Å². The van der Waals surface area contributed by atoms with E-state index in [-0.39, 0.29) is 11.4 Å². The summed E-state index contributed by atoms with van der Waals surface area (Å²) in [4.78, 5) is 21.3. The molecular weight excluding hydrogens is 448 g/mol. The van der Waals surface area contributed by atoms with Gasteiger partial charge in [-0.15, -0.1) is 0 Å². The van der Waals surface area contributed by atoms with Gasteiger partial charge in [-0.1, -0.05) is 24.3 Å². The predicted octanol–water partition coefficient (Wildman–Crippen LogP) is 4.57. The van der Waals surface area contributed by atoms with Crippen LogP contribution >= 0.6 is 0 Å². The number of nitrogens with one attached hydrogen (secondary N) is 1. The molecule has 0 saturated heterocycles. The average Bonchev–Trinajstić information content (AvgIpc) is 2.85. The Bertz CT molecular complexity index is 1400. The van der Waals surface area contributed by atoms with Gasteiger partial charge in [0, 0.05) is 30.1 Å². The summed E-state index contributed by atoms with van der Waals surface area (Å²) in [5.41, 5.74) is 8.69. The molecule has 0 radical (unpaired) electrons. The fourth-order valence-electron chi connectivity index (χ4n) is 3.89. The van der Waals surface area contributed by atoms with Crippen molar-refractivity contribution in [3.05, 3.63) is 113 Å². The number of primary amides is 1. The van der Waals surface area contributed by atoms with E-state index in [2.05, 4.69) is 15.3 Å². The van der Waals surface area contributed by atoms with Crippen LogP contribution in [0.15, 0.2) is 79.1 Å². The zero-order valence-electron chi connectivity index (χ0n) is 18.6. The second-order valence-corrected chi connectivity index (χ2v) is 7.86. The standard InChI is InChI=1S/C27H21F2N5O/c28-20-5-1-3-17(13-20)10-12-33-27-23(25(26(31)35)18-4-2-11-32-16-18)8-9-24(34-27)22-7-6-21(29)14-19(22)15-30/h1-9,11,13-14,16,25H,10,12H2,(H2,31,35)(H,33,34). The lowest BCUT2D eigenvalue weighted by atomic mass is 9.91. The van der Waals surface area contributed by atoms with Crippen LogP contribution in [0.2, 0.25) is 0 Å². The zero-order valence-corrected chi connectivity index (χ0v) is 18.6. The summed E-state index contributed by atoms with van der Waals surface area (Å²) < 4.78 is 27.2. The highest BCUT2D eigenvalue weighted by molar-refractivity contribution is 5.87. The second kappa shape index (κ2) is 10.5. The molecule has 0 spiro atoms. The van der Waals surface area contributed by atoms with Crippen LogP contribution in [0.1, 0.15) is 28.2 Å². The predicted molar refractivity (Wildman–Crippen MR) is 128 cm³/mol. The Morgan fingerprint density at radius 1 is 1.06 bits per heavy atom. The van der Waals surface area contributed by atoms with Crippen LogP contribution in [0, 0.1) is 23.0 Å². The summed E-state index contributed by atoms with van der Waals surface area (Å²) in [7, 11) is 0. The van der Waals surface area contributed by atoms with Crippen LogP contribution in [0.25, 0.3) is 11.3 Å². The van der Waals surface area contributed by atoms with E-state index in [1.165, 1.54) is 24.3 Å². The third kappa shape index (κ3) is 5.47. The quantitative estimate of drug-likeness (QED) is 0.394. The summed E-state index contributed by atoms with van der Waals surface area (Å²) in [5.74, 6) is -1.89. The first-order chi connectivity index (χ1) is 17.0. The highest BCUT2D eigenvalue weighted by atomic mass is 19.1. The van der Waals surface area contributed by atoms with Crippen LogP contribution in [0.4, 0.5) is 14.6 Å². The number of anilines is 1. The Labute approximate surface area is 201 Å². The minimum Gasteiger partial charge on any atom is -0.369 e. The highest BCUT2D eigenvalue weighted by Gasteiger charge is 2.25. The van der Waals surface area contributed by atoms with Crippen molar-refractivity contribution in [3.63, 3.8) is 0 Å². The number of pyridine rings is 2. The van der Waals surface area contributed by atoms with Gasteiger partial charge in [0.1, 0.15) is 17.5 Å². The maximum absolute atomic E-state index is 13.7. The van der Waals surface area contributed by atoms with E-state index in [9.17, 15) is 18.8 Å². The number of carbonyl (C=O) groups excluding carboxylic acids is 1. The monoisotopic (exact) mass is 469 g/mol. The first kappa shape index (κ1) is 23.5. The van der Waals surface area contributed by atoms with Gasteiger partial charge in [0.15, 0.2) is 0 Å². The summed E-state index contributed by atoms with van der Waals surface area (Å²) in [6.07, 6.45) is 3.66. The SMILES string of the molecule is N#Cc1cc(F)ccc1-c1ccc(C(C(N)=O)c2cccnc2)c(NCCc2cccc(F)c2)n1. The normalized spacial score (nSPS) is 11.5. The molecule has 0 aliphatic heterocycles. The van der Waals surface area contributed by atoms with Crippen LogP contribution in [-0.4, -0.2) is 22.4 Å². The van der Waals surface area contributed by atoms with Crippen LogP contribution in [0.3, 0.4) is 0 Å². The largest absolute Gasteiger partial charge is 0.369 e. The van der Waals surface area contributed by atoms with Gasteiger partial charge in [-0.2, -0.15) is 5.26 Å². The molecule has 0 aliphatic rings. The molecule has 2 aromatic heterocycles. The molecule has 1 unspecified atom stereocenters. The van der Waals surface area contributed by atoms with Crippen molar-refractivity contribution >= 4 is 11.7 Å². The minimum atomic E-state index is -0.828. The first-order valence-corrected chi connectivity index (χ1v) is 10.8. The van der Waals surface area contributed by atoms with Crippen molar-refractivity contribution < 1.29 is 13.6 Å². The number of amides is 1. The number of aromatic nitrogens is 2. The molecular formula is C27H21F2N5O. The van der Waals surface area contributed by atoms with E-state index < -0.39 is 17.6 Å². The van der Waals surface area contributed by atoms with Crippen LogP contribution in [0.5, 0.6) is 0 Å². The molecule has 3 N–H and O–H groups in total. The molecule has 0 bridgehead atoms. The molecule has 8 heteroatoms.